The van der Waals surface area contributed by atoms with Crippen LogP contribution in [0.1, 0.15) is 22.3 Å². The standard InChI is InChI=1S/C18H16ClNO4/c1-20-15-8-5-12(19)9-14(15)18(23,17(20)22)10-16(21)11-3-6-13(24-2)7-4-11/h3-9,23H,10H2,1-2H3. The van der Waals surface area contributed by atoms with E-state index in [4.69, 9.17) is 16.3 Å². The Hall–Kier alpha value is -2.37. The minimum atomic E-state index is -1.91. The molecule has 0 radical (unpaired) electrons. The van der Waals surface area contributed by atoms with E-state index in [0.717, 1.165) is 0 Å². The number of halogens is 1. The average Bonchev–Trinajstić information content (AvgIpc) is 2.76. The lowest BCUT2D eigenvalue weighted by molar-refractivity contribution is -0.135. The van der Waals surface area contributed by atoms with Gasteiger partial charge >= 0.3 is 0 Å². The SMILES string of the molecule is COc1ccc(C(=O)CC2(O)C(=O)N(C)c3ccc(Cl)cc32)cc1. The Morgan fingerprint density at radius 2 is 1.92 bits per heavy atom. The number of fused-ring (bicyclic) bond motifs is 1. The van der Waals surface area contributed by atoms with Crippen LogP contribution in [0.5, 0.6) is 5.75 Å². The molecule has 0 spiro atoms. The molecule has 1 N–H and O–H groups in total. The zero-order valence-electron chi connectivity index (χ0n) is 13.2. The third kappa shape index (κ3) is 2.56. The summed E-state index contributed by atoms with van der Waals surface area (Å²) in [6, 6.07) is 11.3. The number of carbonyl (C=O) groups is 2. The lowest BCUT2D eigenvalue weighted by atomic mass is 9.88. The van der Waals surface area contributed by atoms with Crippen LogP contribution < -0.4 is 9.64 Å². The van der Waals surface area contributed by atoms with Crippen LogP contribution in [0.15, 0.2) is 42.5 Å². The van der Waals surface area contributed by atoms with Gasteiger partial charge in [-0.05, 0) is 42.5 Å². The molecule has 1 aliphatic rings. The fourth-order valence-electron chi connectivity index (χ4n) is 2.92. The molecule has 3 rings (SSSR count). The monoisotopic (exact) mass is 345 g/mol. The predicted molar refractivity (Wildman–Crippen MR) is 90.7 cm³/mol. The van der Waals surface area contributed by atoms with Gasteiger partial charge in [0.2, 0.25) is 0 Å². The van der Waals surface area contributed by atoms with Gasteiger partial charge in [0.25, 0.3) is 5.91 Å². The van der Waals surface area contributed by atoms with Crippen LogP contribution in [0, 0.1) is 0 Å². The second-order valence-corrected chi connectivity index (χ2v) is 6.15. The topological polar surface area (TPSA) is 66.8 Å². The first kappa shape index (κ1) is 16.5. The van der Waals surface area contributed by atoms with E-state index in [2.05, 4.69) is 0 Å². The number of hydrogen-bond donors (Lipinski definition) is 1. The molecule has 0 bridgehead atoms. The number of aliphatic hydroxyl groups is 1. The Bertz CT molecular complexity index is 818. The molecule has 2 aromatic rings. The highest BCUT2D eigenvalue weighted by molar-refractivity contribution is 6.31. The van der Waals surface area contributed by atoms with Crippen molar-refractivity contribution in [1.82, 2.24) is 0 Å². The molecule has 0 fully saturated rings. The maximum Gasteiger partial charge on any atom is 0.263 e. The number of rotatable bonds is 4. The maximum absolute atomic E-state index is 12.5. The van der Waals surface area contributed by atoms with Crippen LogP contribution >= 0.6 is 11.6 Å². The molecule has 24 heavy (non-hydrogen) atoms. The highest BCUT2D eigenvalue weighted by Gasteiger charge is 2.49. The average molecular weight is 346 g/mol. The van der Waals surface area contributed by atoms with E-state index >= 15 is 0 Å². The van der Waals surface area contributed by atoms with Gasteiger partial charge in [-0.1, -0.05) is 11.6 Å². The molecule has 0 aliphatic carbocycles. The lowest BCUT2D eigenvalue weighted by Crippen LogP contribution is -2.40. The van der Waals surface area contributed by atoms with E-state index < -0.39 is 11.5 Å². The van der Waals surface area contributed by atoms with E-state index in [1.807, 2.05) is 0 Å². The van der Waals surface area contributed by atoms with Gasteiger partial charge in [0, 0.05) is 23.2 Å². The number of anilines is 1. The molecule has 0 saturated heterocycles. The van der Waals surface area contributed by atoms with Crippen molar-refractivity contribution in [1.29, 1.82) is 0 Å². The van der Waals surface area contributed by atoms with E-state index in [9.17, 15) is 14.7 Å². The number of hydrogen-bond acceptors (Lipinski definition) is 4. The normalized spacial score (nSPS) is 19.3. The Kier molecular flexibility index (Phi) is 4.07. The largest absolute Gasteiger partial charge is 0.497 e. The van der Waals surface area contributed by atoms with Crippen molar-refractivity contribution in [2.45, 2.75) is 12.0 Å². The fraction of sp³-hybridized carbons (Fsp3) is 0.222. The molecule has 1 atom stereocenters. The number of amides is 1. The summed E-state index contributed by atoms with van der Waals surface area (Å²) in [5.74, 6) is -0.254. The van der Waals surface area contributed by atoms with Crippen molar-refractivity contribution in [3.8, 4) is 5.75 Å². The summed E-state index contributed by atoms with van der Waals surface area (Å²) >= 11 is 5.99. The Morgan fingerprint density at radius 3 is 2.54 bits per heavy atom. The number of likely N-dealkylation sites (N-methyl/N-ethyl adjacent to an activating group) is 1. The molecule has 0 saturated carbocycles. The quantitative estimate of drug-likeness (QED) is 0.865. The molecule has 6 heteroatoms. The molecule has 1 amide bonds. The van der Waals surface area contributed by atoms with Crippen molar-refractivity contribution in [2.24, 2.45) is 0 Å². The van der Waals surface area contributed by atoms with E-state index in [-0.39, 0.29) is 12.2 Å². The summed E-state index contributed by atoms with van der Waals surface area (Å²) in [5, 5.41) is 11.3. The number of Topliss-reactive ketones (excluding diaryl/α,β-unsaturated/α-hetero) is 1. The van der Waals surface area contributed by atoms with Crippen LogP contribution in [-0.4, -0.2) is 31.0 Å². The molecule has 1 unspecified atom stereocenters. The number of carbonyl (C=O) groups excluding carboxylic acids is 2. The molecule has 1 heterocycles. The zero-order chi connectivity index (χ0) is 17.5. The third-order valence-corrected chi connectivity index (χ3v) is 4.49. The van der Waals surface area contributed by atoms with Gasteiger partial charge in [0.05, 0.1) is 19.2 Å². The summed E-state index contributed by atoms with van der Waals surface area (Å²) in [6.07, 6.45) is -0.351. The maximum atomic E-state index is 12.5. The van der Waals surface area contributed by atoms with Crippen molar-refractivity contribution in [2.75, 3.05) is 19.1 Å². The van der Waals surface area contributed by atoms with Gasteiger partial charge in [-0.25, -0.2) is 0 Å². The summed E-state index contributed by atoms with van der Waals surface area (Å²) in [7, 11) is 3.10. The number of nitrogens with zero attached hydrogens (tertiary/aromatic N) is 1. The van der Waals surface area contributed by atoms with Crippen LogP contribution in [0.2, 0.25) is 5.02 Å². The van der Waals surface area contributed by atoms with Gasteiger partial charge in [-0.2, -0.15) is 0 Å². The number of methoxy groups -OCH3 is 1. The van der Waals surface area contributed by atoms with Crippen LogP contribution in [0.3, 0.4) is 0 Å². The minimum Gasteiger partial charge on any atom is -0.497 e. The summed E-state index contributed by atoms with van der Waals surface area (Å²) in [6.45, 7) is 0. The molecular formula is C18H16ClNO4. The summed E-state index contributed by atoms with van der Waals surface area (Å²) < 4.78 is 5.06. The fourth-order valence-corrected chi connectivity index (χ4v) is 3.09. The van der Waals surface area contributed by atoms with Crippen molar-refractivity contribution in [3.63, 3.8) is 0 Å². The van der Waals surface area contributed by atoms with Gasteiger partial charge in [-0.15, -0.1) is 0 Å². The van der Waals surface area contributed by atoms with E-state index in [1.54, 1.807) is 43.4 Å². The number of ether oxygens (including phenoxy) is 1. The Morgan fingerprint density at radius 1 is 1.25 bits per heavy atom. The smallest absolute Gasteiger partial charge is 0.263 e. The predicted octanol–water partition coefficient (Wildman–Crippen LogP) is 2.79. The first-order valence-electron chi connectivity index (χ1n) is 7.34. The molecule has 5 nitrogen and oxygen atoms in total. The van der Waals surface area contributed by atoms with Gasteiger partial charge in [0.15, 0.2) is 11.4 Å². The van der Waals surface area contributed by atoms with Crippen molar-refractivity contribution < 1.29 is 19.4 Å². The first-order valence-corrected chi connectivity index (χ1v) is 7.72. The first-order chi connectivity index (χ1) is 11.4. The molecular weight excluding hydrogens is 330 g/mol. The lowest BCUT2D eigenvalue weighted by Gasteiger charge is -2.21. The third-order valence-electron chi connectivity index (χ3n) is 4.25. The van der Waals surface area contributed by atoms with Crippen molar-refractivity contribution >= 4 is 29.0 Å². The summed E-state index contributed by atoms with van der Waals surface area (Å²) in [4.78, 5) is 26.4. The van der Waals surface area contributed by atoms with Crippen molar-refractivity contribution in [3.05, 3.63) is 58.6 Å². The van der Waals surface area contributed by atoms with Gasteiger partial charge in [0.1, 0.15) is 5.75 Å². The Balaban J connectivity index is 1.95. The van der Waals surface area contributed by atoms with Gasteiger partial charge in [-0.3, -0.25) is 9.59 Å². The minimum absolute atomic E-state index is 0.338. The highest BCUT2D eigenvalue weighted by atomic mass is 35.5. The highest BCUT2D eigenvalue weighted by Crippen LogP contribution is 2.43. The van der Waals surface area contributed by atoms with Gasteiger partial charge < -0.3 is 14.7 Å². The number of ketones is 1. The second-order valence-electron chi connectivity index (χ2n) is 5.71. The summed E-state index contributed by atoms with van der Waals surface area (Å²) in [5.41, 5.74) is -0.611. The Labute approximate surface area is 144 Å². The van der Waals surface area contributed by atoms with Crippen LogP contribution in [0.25, 0.3) is 0 Å². The second kappa shape index (κ2) is 5.92. The van der Waals surface area contributed by atoms with Crippen LogP contribution in [-0.2, 0) is 10.4 Å². The number of benzene rings is 2. The van der Waals surface area contributed by atoms with E-state index in [0.29, 0.717) is 27.6 Å². The molecule has 124 valence electrons. The zero-order valence-corrected chi connectivity index (χ0v) is 14.0. The molecule has 0 aromatic heterocycles. The van der Waals surface area contributed by atoms with Crippen LogP contribution in [0.4, 0.5) is 5.69 Å². The van der Waals surface area contributed by atoms with E-state index in [1.165, 1.54) is 18.1 Å². The molecule has 1 aliphatic heterocycles. The molecule has 2 aromatic carbocycles.